The van der Waals surface area contributed by atoms with E-state index >= 15 is 0 Å². The molecular weight excluding hydrogens is 384 g/mol. The van der Waals surface area contributed by atoms with E-state index in [0.29, 0.717) is 17.0 Å². The maximum atomic E-state index is 12.2. The van der Waals surface area contributed by atoms with Gasteiger partial charge in [-0.3, -0.25) is 4.79 Å². The number of nitrogens with one attached hydrogen (secondary N) is 1. The number of nitrogens with zero attached hydrogens (tertiary/aromatic N) is 1. The summed E-state index contributed by atoms with van der Waals surface area (Å²) in [5.74, 6) is -0.0758. The van der Waals surface area contributed by atoms with Crippen LogP contribution in [-0.2, 0) is 27.1 Å². The van der Waals surface area contributed by atoms with Crippen molar-refractivity contribution in [1.82, 2.24) is 0 Å². The monoisotopic (exact) mass is 402 g/mol. The van der Waals surface area contributed by atoms with Crippen molar-refractivity contribution in [2.24, 2.45) is 5.92 Å². The highest BCUT2D eigenvalue weighted by Crippen LogP contribution is 2.39. The number of fused-ring (bicyclic) bond motifs is 1. The van der Waals surface area contributed by atoms with Gasteiger partial charge in [-0.25, -0.2) is 4.79 Å². The SMILES string of the molecule is COC(=O)OCC1CCc2c(sc(NC(=O)/C=C/c3cccs3)c2C#N)C1. The summed E-state index contributed by atoms with van der Waals surface area (Å²) in [5.41, 5.74) is 1.54. The van der Waals surface area contributed by atoms with E-state index in [1.54, 1.807) is 17.4 Å². The third kappa shape index (κ3) is 4.76. The van der Waals surface area contributed by atoms with Crippen LogP contribution in [0.4, 0.5) is 9.80 Å². The number of carbonyl (C=O) groups excluding carboxylic acids is 2. The molecule has 1 aliphatic rings. The van der Waals surface area contributed by atoms with Gasteiger partial charge in [-0.05, 0) is 48.3 Å². The van der Waals surface area contributed by atoms with E-state index in [1.807, 2.05) is 17.5 Å². The van der Waals surface area contributed by atoms with Crippen molar-refractivity contribution in [1.29, 1.82) is 5.26 Å². The smallest absolute Gasteiger partial charge is 0.438 e. The fraction of sp³-hybridized carbons (Fsp3) is 0.316. The second kappa shape index (κ2) is 8.84. The Balaban J connectivity index is 1.68. The summed E-state index contributed by atoms with van der Waals surface area (Å²) < 4.78 is 9.53. The van der Waals surface area contributed by atoms with Crippen LogP contribution < -0.4 is 5.32 Å². The predicted molar refractivity (Wildman–Crippen MR) is 105 cm³/mol. The summed E-state index contributed by atoms with van der Waals surface area (Å²) in [7, 11) is 1.28. The molecule has 1 amide bonds. The molecule has 140 valence electrons. The van der Waals surface area contributed by atoms with E-state index in [2.05, 4.69) is 16.1 Å². The maximum absolute atomic E-state index is 12.2. The van der Waals surface area contributed by atoms with Gasteiger partial charge in [-0.1, -0.05) is 6.07 Å². The fourth-order valence-corrected chi connectivity index (χ4v) is 4.88. The number of hydrogen-bond donors (Lipinski definition) is 1. The van der Waals surface area contributed by atoms with Crippen LogP contribution in [0.15, 0.2) is 23.6 Å². The van der Waals surface area contributed by atoms with Crippen LogP contribution in [0.3, 0.4) is 0 Å². The number of ether oxygens (including phenoxy) is 2. The molecule has 1 atom stereocenters. The number of methoxy groups -OCH3 is 1. The first kappa shape index (κ1) is 19.1. The first-order chi connectivity index (χ1) is 13.1. The van der Waals surface area contributed by atoms with Gasteiger partial charge in [0, 0.05) is 15.8 Å². The lowest BCUT2D eigenvalue weighted by atomic mass is 9.88. The molecule has 0 aliphatic heterocycles. The molecule has 1 unspecified atom stereocenters. The van der Waals surface area contributed by atoms with Crippen molar-refractivity contribution in [3.63, 3.8) is 0 Å². The van der Waals surface area contributed by atoms with Crippen molar-refractivity contribution in [3.8, 4) is 6.07 Å². The molecule has 3 rings (SSSR count). The van der Waals surface area contributed by atoms with Gasteiger partial charge in [0.25, 0.3) is 0 Å². The summed E-state index contributed by atoms with van der Waals surface area (Å²) in [6.45, 7) is 0.289. The molecule has 6 nitrogen and oxygen atoms in total. The van der Waals surface area contributed by atoms with Crippen LogP contribution in [0.1, 0.15) is 27.3 Å². The van der Waals surface area contributed by atoms with Gasteiger partial charge in [-0.2, -0.15) is 5.26 Å². The van der Waals surface area contributed by atoms with E-state index in [0.717, 1.165) is 28.2 Å². The molecule has 0 spiro atoms. The topological polar surface area (TPSA) is 88.4 Å². The van der Waals surface area contributed by atoms with Crippen LogP contribution in [-0.4, -0.2) is 25.8 Å². The zero-order valence-corrected chi connectivity index (χ0v) is 16.3. The van der Waals surface area contributed by atoms with Crippen molar-refractivity contribution in [2.45, 2.75) is 19.3 Å². The first-order valence-corrected chi connectivity index (χ1v) is 10.1. The summed E-state index contributed by atoms with van der Waals surface area (Å²) in [4.78, 5) is 25.4. The minimum absolute atomic E-state index is 0.184. The number of anilines is 1. The Kier molecular flexibility index (Phi) is 6.27. The Morgan fingerprint density at radius 1 is 1.48 bits per heavy atom. The Hall–Kier alpha value is -2.63. The Morgan fingerprint density at radius 2 is 2.33 bits per heavy atom. The molecule has 2 aromatic rings. The van der Waals surface area contributed by atoms with Gasteiger partial charge in [-0.15, -0.1) is 22.7 Å². The third-order valence-corrected chi connectivity index (χ3v) is 6.27. The molecule has 1 N–H and O–H groups in total. The number of carbonyl (C=O) groups is 2. The molecule has 0 radical (unpaired) electrons. The molecule has 2 aromatic heterocycles. The van der Waals surface area contributed by atoms with Crippen molar-refractivity contribution < 1.29 is 19.1 Å². The molecule has 27 heavy (non-hydrogen) atoms. The van der Waals surface area contributed by atoms with Crippen molar-refractivity contribution in [3.05, 3.63) is 44.5 Å². The summed E-state index contributed by atoms with van der Waals surface area (Å²) in [5, 5.41) is 14.9. The first-order valence-electron chi connectivity index (χ1n) is 8.38. The number of hydrogen-bond acceptors (Lipinski definition) is 7. The lowest BCUT2D eigenvalue weighted by molar-refractivity contribution is -0.111. The summed E-state index contributed by atoms with van der Waals surface area (Å²) >= 11 is 2.97. The van der Waals surface area contributed by atoms with E-state index in [-0.39, 0.29) is 18.4 Å². The Morgan fingerprint density at radius 3 is 3.04 bits per heavy atom. The highest BCUT2D eigenvalue weighted by Gasteiger charge is 2.27. The molecule has 0 bridgehead atoms. The maximum Gasteiger partial charge on any atom is 0.507 e. The number of thiophene rings is 2. The van der Waals surface area contributed by atoms with E-state index in [1.165, 1.54) is 24.5 Å². The van der Waals surface area contributed by atoms with Gasteiger partial charge < -0.3 is 14.8 Å². The van der Waals surface area contributed by atoms with Gasteiger partial charge in [0.2, 0.25) is 5.91 Å². The van der Waals surface area contributed by atoms with Crippen LogP contribution in [0.2, 0.25) is 0 Å². The van der Waals surface area contributed by atoms with Gasteiger partial charge in [0.05, 0.1) is 19.3 Å². The van der Waals surface area contributed by atoms with Gasteiger partial charge >= 0.3 is 6.16 Å². The summed E-state index contributed by atoms with van der Waals surface area (Å²) in [6.07, 6.45) is 4.80. The third-order valence-electron chi connectivity index (χ3n) is 4.26. The lowest BCUT2D eigenvalue weighted by Crippen LogP contribution is -2.20. The van der Waals surface area contributed by atoms with Gasteiger partial charge in [0.1, 0.15) is 11.1 Å². The standard InChI is InChI=1S/C19H18N2O4S2/c1-24-19(23)25-11-12-4-6-14-15(10-20)18(27-16(14)9-12)21-17(22)7-5-13-3-2-8-26-13/h2-3,5,7-8,12H,4,6,9,11H2,1H3,(H,21,22)/b7-5+. The molecule has 0 aromatic carbocycles. The normalized spacial score (nSPS) is 15.8. The largest absolute Gasteiger partial charge is 0.507 e. The predicted octanol–water partition coefficient (Wildman–Crippen LogP) is 4.22. The highest BCUT2D eigenvalue weighted by molar-refractivity contribution is 7.16. The van der Waals surface area contributed by atoms with Gasteiger partial charge in [0.15, 0.2) is 0 Å². The van der Waals surface area contributed by atoms with Crippen LogP contribution >= 0.6 is 22.7 Å². The Bertz CT molecular complexity index is 894. The van der Waals surface area contributed by atoms with Crippen molar-refractivity contribution in [2.75, 3.05) is 19.0 Å². The minimum atomic E-state index is -0.685. The average Bonchev–Trinajstić information content (AvgIpc) is 3.31. The number of nitriles is 1. The summed E-state index contributed by atoms with van der Waals surface area (Å²) in [6, 6.07) is 6.07. The zero-order valence-electron chi connectivity index (χ0n) is 14.7. The van der Waals surface area contributed by atoms with Crippen LogP contribution in [0.5, 0.6) is 0 Å². The lowest BCUT2D eigenvalue weighted by Gasteiger charge is -2.21. The van der Waals surface area contributed by atoms with Crippen molar-refractivity contribution >= 4 is 45.8 Å². The zero-order chi connectivity index (χ0) is 19.2. The molecule has 0 saturated heterocycles. The van der Waals surface area contributed by atoms with E-state index in [4.69, 9.17) is 4.74 Å². The fourth-order valence-electron chi connectivity index (χ4n) is 2.95. The quantitative estimate of drug-likeness (QED) is 0.597. The van der Waals surface area contributed by atoms with E-state index < -0.39 is 6.16 Å². The second-order valence-corrected chi connectivity index (χ2v) is 8.12. The molecular formula is C19H18N2O4S2. The molecule has 0 saturated carbocycles. The number of amides is 1. The Labute approximate surface area is 165 Å². The highest BCUT2D eigenvalue weighted by atomic mass is 32.1. The van der Waals surface area contributed by atoms with Crippen LogP contribution in [0, 0.1) is 17.2 Å². The number of rotatable bonds is 5. The second-order valence-electron chi connectivity index (χ2n) is 6.03. The molecule has 2 heterocycles. The molecule has 8 heteroatoms. The van der Waals surface area contributed by atoms with E-state index in [9.17, 15) is 14.9 Å². The molecule has 0 fully saturated rings. The minimum Gasteiger partial charge on any atom is -0.438 e. The average molecular weight is 402 g/mol. The van der Waals surface area contributed by atoms with Crippen LogP contribution in [0.25, 0.3) is 6.08 Å². The molecule has 1 aliphatic carbocycles.